The summed E-state index contributed by atoms with van der Waals surface area (Å²) in [4.78, 5) is 2.09. The van der Waals surface area contributed by atoms with Crippen molar-refractivity contribution in [3.8, 4) is 0 Å². The van der Waals surface area contributed by atoms with Crippen molar-refractivity contribution >= 4 is 29.1 Å². The van der Waals surface area contributed by atoms with E-state index in [1.165, 1.54) is 24.3 Å². The lowest BCUT2D eigenvalue weighted by Gasteiger charge is -2.23. The van der Waals surface area contributed by atoms with Gasteiger partial charge >= 0.3 is 0 Å². The third-order valence-electron chi connectivity index (χ3n) is 6.26. The molecule has 0 unspecified atom stereocenters. The largest absolute Gasteiger partial charge is 0.317 e. The molecule has 0 amide bonds. The first-order valence-electron chi connectivity index (χ1n) is 12.7. The van der Waals surface area contributed by atoms with Gasteiger partial charge in [-0.2, -0.15) is 0 Å². The van der Waals surface area contributed by atoms with Crippen molar-refractivity contribution < 1.29 is 8.78 Å². The monoisotopic (exact) mass is 511 g/mol. The van der Waals surface area contributed by atoms with Gasteiger partial charge in [0.1, 0.15) is 11.6 Å². The molecule has 0 saturated heterocycles. The molecule has 0 N–H and O–H groups in total. The Hall–Kier alpha value is -5.02. The summed E-state index contributed by atoms with van der Waals surface area (Å²) in [5.41, 5.74) is 6.65. The summed E-state index contributed by atoms with van der Waals surface area (Å²) in [6.07, 6.45) is 10.2. The lowest BCUT2D eigenvalue weighted by atomic mass is 9.98. The molecule has 0 spiro atoms. The van der Waals surface area contributed by atoms with Crippen molar-refractivity contribution in [2.24, 2.45) is 0 Å². The summed E-state index contributed by atoms with van der Waals surface area (Å²) >= 11 is 0. The maximum Gasteiger partial charge on any atom is 0.123 e. The molecular formula is C36H27F2N. The molecule has 0 fully saturated rings. The van der Waals surface area contributed by atoms with E-state index in [4.69, 9.17) is 0 Å². The highest BCUT2D eigenvalue weighted by molar-refractivity contribution is 5.84. The Balaban J connectivity index is 1.50. The van der Waals surface area contributed by atoms with E-state index in [-0.39, 0.29) is 11.6 Å². The molecule has 0 aromatic heterocycles. The zero-order chi connectivity index (χ0) is 26.9. The van der Waals surface area contributed by atoms with E-state index in [1.54, 1.807) is 24.3 Å². The van der Waals surface area contributed by atoms with Crippen molar-refractivity contribution in [2.45, 2.75) is 0 Å². The molecule has 0 bridgehead atoms. The van der Waals surface area contributed by atoms with Crippen LogP contribution in [0, 0.1) is 11.6 Å². The Bertz CT molecular complexity index is 1520. The molecule has 5 rings (SSSR count). The first-order chi connectivity index (χ1) is 19.2. The molecule has 0 aliphatic rings. The molecular weight excluding hydrogens is 484 g/mol. The van der Waals surface area contributed by atoms with Crippen molar-refractivity contribution in [1.82, 2.24) is 0 Å². The number of hydrogen-bond acceptors (Lipinski definition) is 1. The quantitative estimate of drug-likeness (QED) is 0.187. The first kappa shape index (κ1) is 25.6. The van der Waals surface area contributed by atoms with Gasteiger partial charge in [-0.1, -0.05) is 109 Å². The summed E-state index contributed by atoms with van der Waals surface area (Å²) in [7, 11) is 0. The molecule has 190 valence electrons. The number of benzene rings is 5. The van der Waals surface area contributed by atoms with Crippen molar-refractivity contribution in [3.63, 3.8) is 0 Å². The van der Waals surface area contributed by atoms with Gasteiger partial charge in [0.25, 0.3) is 0 Å². The fourth-order valence-electron chi connectivity index (χ4n) is 4.23. The SMILES string of the molecule is Fc1ccc(C(=CN(c2ccccc2)c2ccc(/C=C/C=C/c3ccccc3)cc2)c2ccc(F)cc2)cc1. The van der Waals surface area contributed by atoms with Crippen LogP contribution in [-0.2, 0) is 0 Å². The number of rotatable bonds is 8. The van der Waals surface area contributed by atoms with E-state index in [9.17, 15) is 8.78 Å². The van der Waals surface area contributed by atoms with E-state index >= 15 is 0 Å². The summed E-state index contributed by atoms with van der Waals surface area (Å²) < 4.78 is 27.5. The fourth-order valence-corrected chi connectivity index (χ4v) is 4.23. The topological polar surface area (TPSA) is 3.24 Å². The highest BCUT2D eigenvalue weighted by atomic mass is 19.1. The summed E-state index contributed by atoms with van der Waals surface area (Å²) in [6, 6.07) is 41.2. The van der Waals surface area contributed by atoms with Gasteiger partial charge in [-0.05, 0) is 70.8 Å². The zero-order valence-electron chi connectivity index (χ0n) is 21.3. The lowest BCUT2D eigenvalue weighted by molar-refractivity contribution is 0.627. The third kappa shape index (κ3) is 6.85. The van der Waals surface area contributed by atoms with Gasteiger partial charge < -0.3 is 4.90 Å². The second kappa shape index (κ2) is 12.5. The standard InChI is InChI=1S/C36H27F2N/c37-32-21-17-30(18-22-32)36(31-19-23-33(38)24-20-31)27-39(34-13-5-2-6-14-34)35-25-15-29(16-26-35)12-8-7-11-28-9-3-1-4-10-28/h1-27H/b11-7+,12-8+. The van der Waals surface area contributed by atoms with Gasteiger partial charge in [0.05, 0.1) is 0 Å². The third-order valence-corrected chi connectivity index (χ3v) is 6.26. The minimum Gasteiger partial charge on any atom is -0.317 e. The molecule has 39 heavy (non-hydrogen) atoms. The van der Waals surface area contributed by atoms with Gasteiger partial charge in [-0.15, -0.1) is 0 Å². The van der Waals surface area contributed by atoms with E-state index < -0.39 is 0 Å². The van der Waals surface area contributed by atoms with E-state index in [2.05, 4.69) is 53.5 Å². The van der Waals surface area contributed by atoms with Crippen LogP contribution in [0.1, 0.15) is 22.3 Å². The average molecular weight is 512 g/mol. The Kier molecular flexibility index (Phi) is 8.20. The Morgan fingerprint density at radius 3 is 1.41 bits per heavy atom. The minimum absolute atomic E-state index is 0.306. The molecule has 5 aromatic carbocycles. The molecule has 0 heterocycles. The molecule has 3 heteroatoms. The number of para-hydroxylation sites is 1. The Labute approximate surface area is 228 Å². The van der Waals surface area contributed by atoms with Crippen LogP contribution in [0.2, 0.25) is 0 Å². The number of hydrogen-bond donors (Lipinski definition) is 0. The molecule has 0 radical (unpaired) electrons. The Morgan fingerprint density at radius 2 is 0.897 bits per heavy atom. The van der Waals surface area contributed by atoms with Gasteiger partial charge in [-0.25, -0.2) is 8.78 Å². The van der Waals surface area contributed by atoms with Gasteiger partial charge in [-0.3, -0.25) is 0 Å². The number of anilines is 2. The zero-order valence-corrected chi connectivity index (χ0v) is 21.3. The predicted octanol–water partition coefficient (Wildman–Crippen LogP) is 9.92. The highest BCUT2D eigenvalue weighted by Gasteiger charge is 2.12. The molecule has 0 aliphatic heterocycles. The van der Waals surface area contributed by atoms with Crippen LogP contribution in [0.5, 0.6) is 0 Å². The normalized spacial score (nSPS) is 11.1. The van der Waals surface area contributed by atoms with Crippen molar-refractivity contribution in [1.29, 1.82) is 0 Å². The fraction of sp³-hybridized carbons (Fsp3) is 0. The highest BCUT2D eigenvalue weighted by Crippen LogP contribution is 2.32. The molecule has 0 aliphatic carbocycles. The average Bonchev–Trinajstić information content (AvgIpc) is 2.99. The van der Waals surface area contributed by atoms with Gasteiger partial charge in [0, 0.05) is 23.1 Å². The molecule has 1 nitrogen and oxygen atoms in total. The summed E-state index contributed by atoms with van der Waals surface area (Å²) in [6.45, 7) is 0. The van der Waals surface area contributed by atoms with Gasteiger partial charge in [0.2, 0.25) is 0 Å². The number of halogens is 2. The second-order valence-corrected chi connectivity index (χ2v) is 8.98. The van der Waals surface area contributed by atoms with E-state index in [0.29, 0.717) is 0 Å². The lowest BCUT2D eigenvalue weighted by Crippen LogP contribution is -2.10. The van der Waals surface area contributed by atoms with Crippen LogP contribution in [0.15, 0.2) is 152 Å². The van der Waals surface area contributed by atoms with Crippen molar-refractivity contribution in [2.75, 3.05) is 4.90 Å². The van der Waals surface area contributed by atoms with Crippen molar-refractivity contribution in [3.05, 3.63) is 186 Å². The van der Waals surface area contributed by atoms with E-state index in [0.717, 1.165) is 39.2 Å². The van der Waals surface area contributed by atoms with Crippen LogP contribution in [-0.4, -0.2) is 0 Å². The first-order valence-corrected chi connectivity index (χ1v) is 12.7. The predicted molar refractivity (Wildman–Crippen MR) is 159 cm³/mol. The maximum atomic E-state index is 13.7. The van der Waals surface area contributed by atoms with Crippen LogP contribution in [0.3, 0.4) is 0 Å². The molecule has 5 aromatic rings. The smallest absolute Gasteiger partial charge is 0.123 e. The maximum absolute atomic E-state index is 13.7. The molecule has 0 saturated carbocycles. The minimum atomic E-state index is -0.306. The Morgan fingerprint density at radius 1 is 0.462 bits per heavy atom. The number of allylic oxidation sites excluding steroid dienone is 2. The second-order valence-electron chi connectivity index (χ2n) is 8.98. The van der Waals surface area contributed by atoms with Crippen LogP contribution in [0.25, 0.3) is 17.7 Å². The summed E-state index contributed by atoms with van der Waals surface area (Å²) in [5, 5.41) is 0. The van der Waals surface area contributed by atoms with E-state index in [1.807, 2.05) is 66.9 Å². The van der Waals surface area contributed by atoms with Crippen LogP contribution >= 0.6 is 0 Å². The van der Waals surface area contributed by atoms with Crippen LogP contribution < -0.4 is 4.90 Å². The summed E-state index contributed by atoms with van der Waals surface area (Å²) in [5.74, 6) is -0.612. The van der Waals surface area contributed by atoms with Gasteiger partial charge in [0.15, 0.2) is 0 Å². The van der Waals surface area contributed by atoms with Crippen LogP contribution in [0.4, 0.5) is 20.2 Å². The number of nitrogens with zero attached hydrogens (tertiary/aromatic N) is 1. The molecule has 0 atom stereocenters.